The number of aryl methyl sites for hydroxylation is 1. The highest BCUT2D eigenvalue weighted by atomic mass is 79.9. The van der Waals surface area contributed by atoms with Gasteiger partial charge in [0.2, 0.25) is 0 Å². The van der Waals surface area contributed by atoms with Crippen molar-refractivity contribution in [3.05, 3.63) is 50.9 Å². The lowest BCUT2D eigenvalue weighted by molar-refractivity contribution is 0.869. The summed E-state index contributed by atoms with van der Waals surface area (Å²) in [6.07, 6.45) is 1.80. The van der Waals surface area contributed by atoms with Gasteiger partial charge < -0.3 is 4.98 Å². The van der Waals surface area contributed by atoms with E-state index in [4.69, 9.17) is 0 Å². The number of rotatable bonds is 3. The zero-order valence-electron chi connectivity index (χ0n) is 9.53. The molecule has 0 radical (unpaired) electrons. The van der Waals surface area contributed by atoms with Gasteiger partial charge in [-0.25, -0.2) is 4.98 Å². The van der Waals surface area contributed by atoms with Gasteiger partial charge in [0.15, 0.2) is 0 Å². The first kappa shape index (κ1) is 12.0. The molecule has 1 aromatic carbocycles. The molecule has 0 saturated carbocycles. The summed E-state index contributed by atoms with van der Waals surface area (Å²) < 4.78 is 0.928. The molecular formula is C13H13BrN2O. The van der Waals surface area contributed by atoms with E-state index in [1.165, 1.54) is 0 Å². The molecule has 0 spiro atoms. The number of hydrogen-bond donors (Lipinski definition) is 1. The van der Waals surface area contributed by atoms with Gasteiger partial charge in [0.25, 0.3) is 5.56 Å². The van der Waals surface area contributed by atoms with Crippen molar-refractivity contribution in [3.8, 4) is 11.4 Å². The molecule has 0 aliphatic carbocycles. The van der Waals surface area contributed by atoms with Crippen LogP contribution in [0.25, 0.3) is 11.4 Å². The molecule has 1 heterocycles. The molecule has 1 N–H and O–H groups in total. The largest absolute Gasteiger partial charge is 0.306 e. The molecule has 0 saturated heterocycles. The molecule has 88 valence electrons. The molecule has 1 aromatic heterocycles. The van der Waals surface area contributed by atoms with E-state index in [9.17, 15) is 4.79 Å². The van der Waals surface area contributed by atoms with Gasteiger partial charge >= 0.3 is 0 Å². The van der Waals surface area contributed by atoms with E-state index in [1.807, 2.05) is 24.3 Å². The third kappa shape index (κ3) is 2.82. The third-order valence-electron chi connectivity index (χ3n) is 2.43. The summed E-state index contributed by atoms with van der Waals surface area (Å²) in [5, 5.41) is 0. The van der Waals surface area contributed by atoms with Gasteiger partial charge in [0, 0.05) is 21.8 Å². The van der Waals surface area contributed by atoms with Crippen molar-refractivity contribution in [1.82, 2.24) is 9.97 Å². The zero-order chi connectivity index (χ0) is 12.3. The maximum Gasteiger partial charge on any atom is 0.251 e. The molecule has 0 fully saturated rings. The normalized spacial score (nSPS) is 10.5. The van der Waals surface area contributed by atoms with Crippen molar-refractivity contribution >= 4 is 15.9 Å². The Morgan fingerprint density at radius 3 is 2.82 bits per heavy atom. The maximum atomic E-state index is 11.6. The fraction of sp³-hybridized carbons (Fsp3) is 0.231. The number of hydrogen-bond acceptors (Lipinski definition) is 2. The SMILES string of the molecule is CCCc1cc(=O)[nH]c(-c2ccccc2Br)n1. The van der Waals surface area contributed by atoms with E-state index in [1.54, 1.807) is 6.07 Å². The van der Waals surface area contributed by atoms with Crippen LogP contribution in [0.2, 0.25) is 0 Å². The highest BCUT2D eigenvalue weighted by Gasteiger charge is 2.06. The summed E-state index contributed by atoms with van der Waals surface area (Å²) in [6.45, 7) is 2.07. The Morgan fingerprint density at radius 2 is 2.12 bits per heavy atom. The fourth-order valence-electron chi connectivity index (χ4n) is 1.67. The van der Waals surface area contributed by atoms with Crippen LogP contribution in [-0.2, 0) is 6.42 Å². The van der Waals surface area contributed by atoms with Gasteiger partial charge in [-0.05, 0) is 12.5 Å². The summed E-state index contributed by atoms with van der Waals surface area (Å²) in [6, 6.07) is 9.28. The minimum absolute atomic E-state index is 0.103. The summed E-state index contributed by atoms with van der Waals surface area (Å²) in [7, 11) is 0. The first-order valence-electron chi connectivity index (χ1n) is 5.56. The Bertz CT molecular complexity index is 578. The lowest BCUT2D eigenvalue weighted by Crippen LogP contribution is -2.10. The lowest BCUT2D eigenvalue weighted by Gasteiger charge is -2.05. The first-order chi connectivity index (χ1) is 8.20. The molecule has 0 bridgehead atoms. The summed E-state index contributed by atoms with van der Waals surface area (Å²) in [5.74, 6) is 0.619. The molecule has 2 rings (SSSR count). The van der Waals surface area contributed by atoms with Gasteiger partial charge in [0.05, 0.1) is 0 Å². The molecule has 0 unspecified atom stereocenters. The number of halogens is 1. The standard InChI is InChI=1S/C13H13BrN2O/c1-2-5-9-8-12(17)16-13(15-9)10-6-3-4-7-11(10)14/h3-4,6-8H,2,5H2,1H3,(H,15,16,17). The summed E-state index contributed by atoms with van der Waals surface area (Å²) in [5.41, 5.74) is 1.64. The van der Waals surface area contributed by atoms with Crippen molar-refractivity contribution in [2.24, 2.45) is 0 Å². The number of nitrogens with one attached hydrogen (secondary N) is 1. The van der Waals surface area contributed by atoms with Crippen LogP contribution in [0.3, 0.4) is 0 Å². The number of aromatic nitrogens is 2. The molecule has 17 heavy (non-hydrogen) atoms. The van der Waals surface area contributed by atoms with Gasteiger partial charge in [-0.1, -0.05) is 47.5 Å². The Balaban J connectivity index is 2.52. The van der Waals surface area contributed by atoms with E-state index in [2.05, 4.69) is 32.8 Å². The van der Waals surface area contributed by atoms with Crippen LogP contribution in [0.4, 0.5) is 0 Å². The van der Waals surface area contributed by atoms with E-state index >= 15 is 0 Å². The zero-order valence-corrected chi connectivity index (χ0v) is 11.1. The Morgan fingerprint density at radius 1 is 1.35 bits per heavy atom. The van der Waals surface area contributed by atoms with Gasteiger partial charge in [-0.2, -0.15) is 0 Å². The highest BCUT2D eigenvalue weighted by molar-refractivity contribution is 9.10. The minimum atomic E-state index is -0.103. The molecule has 3 nitrogen and oxygen atoms in total. The van der Waals surface area contributed by atoms with Gasteiger partial charge in [-0.15, -0.1) is 0 Å². The highest BCUT2D eigenvalue weighted by Crippen LogP contribution is 2.24. The number of aromatic amines is 1. The van der Waals surface area contributed by atoms with Crippen LogP contribution in [0.5, 0.6) is 0 Å². The summed E-state index contributed by atoms with van der Waals surface area (Å²) in [4.78, 5) is 18.8. The van der Waals surface area contributed by atoms with Crippen molar-refractivity contribution in [3.63, 3.8) is 0 Å². The second-order valence-electron chi connectivity index (χ2n) is 3.82. The van der Waals surface area contributed by atoms with Crippen LogP contribution in [0.15, 0.2) is 39.6 Å². The van der Waals surface area contributed by atoms with Gasteiger partial charge in [-0.3, -0.25) is 4.79 Å². The predicted molar refractivity (Wildman–Crippen MR) is 72.0 cm³/mol. The molecule has 2 aromatic rings. The van der Waals surface area contributed by atoms with E-state index in [0.717, 1.165) is 28.6 Å². The summed E-state index contributed by atoms with van der Waals surface area (Å²) >= 11 is 3.46. The van der Waals surface area contributed by atoms with E-state index in [-0.39, 0.29) is 5.56 Å². The Kier molecular flexibility index (Phi) is 3.74. The quantitative estimate of drug-likeness (QED) is 0.945. The van der Waals surface area contributed by atoms with Crippen molar-refractivity contribution in [1.29, 1.82) is 0 Å². The van der Waals surface area contributed by atoms with Crippen molar-refractivity contribution in [2.45, 2.75) is 19.8 Å². The molecule has 0 aliphatic rings. The van der Waals surface area contributed by atoms with Crippen LogP contribution in [-0.4, -0.2) is 9.97 Å². The minimum Gasteiger partial charge on any atom is -0.306 e. The molecule has 0 aliphatic heterocycles. The van der Waals surface area contributed by atoms with E-state index < -0.39 is 0 Å². The van der Waals surface area contributed by atoms with E-state index in [0.29, 0.717) is 5.82 Å². The van der Waals surface area contributed by atoms with Crippen LogP contribution in [0.1, 0.15) is 19.0 Å². The average molecular weight is 293 g/mol. The predicted octanol–water partition coefficient (Wildman–Crippen LogP) is 3.15. The topological polar surface area (TPSA) is 45.8 Å². The van der Waals surface area contributed by atoms with Crippen LogP contribution in [0, 0.1) is 0 Å². The fourth-order valence-corrected chi connectivity index (χ4v) is 2.15. The Labute approximate surface area is 108 Å². The number of H-pyrrole nitrogens is 1. The van der Waals surface area contributed by atoms with Crippen molar-refractivity contribution < 1.29 is 0 Å². The molecule has 4 heteroatoms. The third-order valence-corrected chi connectivity index (χ3v) is 3.12. The van der Waals surface area contributed by atoms with Crippen LogP contribution < -0.4 is 5.56 Å². The molecular weight excluding hydrogens is 280 g/mol. The monoisotopic (exact) mass is 292 g/mol. The average Bonchev–Trinajstić information content (AvgIpc) is 2.29. The number of nitrogens with zero attached hydrogens (tertiary/aromatic N) is 1. The van der Waals surface area contributed by atoms with Crippen molar-refractivity contribution in [2.75, 3.05) is 0 Å². The van der Waals surface area contributed by atoms with Crippen LogP contribution >= 0.6 is 15.9 Å². The maximum absolute atomic E-state index is 11.6. The molecule has 0 amide bonds. The second kappa shape index (κ2) is 5.27. The molecule has 0 atom stereocenters. The second-order valence-corrected chi connectivity index (χ2v) is 4.67. The smallest absolute Gasteiger partial charge is 0.251 e. The Hall–Kier alpha value is -1.42. The van der Waals surface area contributed by atoms with Gasteiger partial charge in [0.1, 0.15) is 5.82 Å². The lowest BCUT2D eigenvalue weighted by atomic mass is 10.2. The first-order valence-corrected chi connectivity index (χ1v) is 6.35. The number of benzene rings is 1.